The lowest BCUT2D eigenvalue weighted by Gasteiger charge is -2.10. The molecule has 0 aliphatic heterocycles. The van der Waals surface area contributed by atoms with Crippen LogP contribution in [0.15, 0.2) is 36.4 Å². The van der Waals surface area contributed by atoms with E-state index in [1.807, 2.05) is 24.3 Å². The molecule has 0 amide bonds. The summed E-state index contributed by atoms with van der Waals surface area (Å²) < 4.78 is 5.24. The Balaban J connectivity index is 2.22. The molecule has 0 atom stereocenters. The highest BCUT2D eigenvalue weighted by molar-refractivity contribution is 5.56. The van der Waals surface area contributed by atoms with Crippen molar-refractivity contribution < 1.29 is 9.66 Å². The molecule has 0 aliphatic rings. The summed E-state index contributed by atoms with van der Waals surface area (Å²) in [7, 11) is 1.59. The van der Waals surface area contributed by atoms with Crippen molar-refractivity contribution in [3.05, 3.63) is 57.8 Å². The van der Waals surface area contributed by atoms with Gasteiger partial charge in [0.1, 0.15) is 5.75 Å². The number of nitro groups is 1. The summed E-state index contributed by atoms with van der Waals surface area (Å²) in [6.07, 6.45) is 0. The lowest BCUT2D eigenvalue weighted by molar-refractivity contribution is -0.384. The molecule has 1 aromatic heterocycles. The maximum atomic E-state index is 11.0. The molecule has 1 N–H and O–H groups in total. The van der Waals surface area contributed by atoms with Gasteiger partial charge in [0.05, 0.1) is 12.0 Å². The van der Waals surface area contributed by atoms with Crippen LogP contribution >= 0.6 is 0 Å². The minimum Gasteiger partial charge on any atom is -0.496 e. The van der Waals surface area contributed by atoms with Gasteiger partial charge in [-0.2, -0.15) is 0 Å². The van der Waals surface area contributed by atoms with Crippen molar-refractivity contribution in [3.8, 4) is 5.75 Å². The van der Waals surface area contributed by atoms with Gasteiger partial charge in [0.2, 0.25) is 5.82 Å². The minimum atomic E-state index is -0.447. The van der Waals surface area contributed by atoms with Gasteiger partial charge >= 0.3 is 5.69 Å². The largest absolute Gasteiger partial charge is 0.496 e. The third-order valence-electron chi connectivity index (χ3n) is 2.85. The van der Waals surface area contributed by atoms with Crippen LogP contribution in [0.4, 0.5) is 11.5 Å². The molecule has 0 unspecified atom stereocenters. The molecule has 20 heavy (non-hydrogen) atoms. The first-order valence-electron chi connectivity index (χ1n) is 6.09. The van der Waals surface area contributed by atoms with Crippen LogP contribution in [0.2, 0.25) is 0 Å². The van der Waals surface area contributed by atoms with Gasteiger partial charge in [-0.1, -0.05) is 18.2 Å². The van der Waals surface area contributed by atoms with Crippen LogP contribution in [-0.2, 0) is 6.54 Å². The summed E-state index contributed by atoms with van der Waals surface area (Å²) in [5, 5.41) is 14.0. The fourth-order valence-corrected chi connectivity index (χ4v) is 1.85. The number of nitrogens with zero attached hydrogens (tertiary/aromatic N) is 2. The maximum Gasteiger partial charge on any atom is 0.311 e. The summed E-state index contributed by atoms with van der Waals surface area (Å²) in [4.78, 5) is 14.7. The predicted octanol–water partition coefficient (Wildman–Crippen LogP) is 2.92. The van der Waals surface area contributed by atoms with Crippen LogP contribution in [-0.4, -0.2) is 17.0 Å². The molecule has 2 aromatic rings. The van der Waals surface area contributed by atoms with E-state index in [4.69, 9.17) is 4.74 Å². The lowest BCUT2D eigenvalue weighted by atomic mass is 10.2. The molecule has 0 bridgehead atoms. The highest BCUT2D eigenvalue weighted by Crippen LogP contribution is 2.24. The van der Waals surface area contributed by atoms with Crippen LogP contribution in [0.5, 0.6) is 5.75 Å². The van der Waals surface area contributed by atoms with Gasteiger partial charge in [0, 0.05) is 23.9 Å². The molecule has 6 nitrogen and oxygen atoms in total. The van der Waals surface area contributed by atoms with Crippen molar-refractivity contribution in [2.45, 2.75) is 13.5 Å². The van der Waals surface area contributed by atoms with E-state index in [1.165, 1.54) is 6.07 Å². The second-order valence-corrected chi connectivity index (χ2v) is 4.24. The van der Waals surface area contributed by atoms with Gasteiger partial charge in [0.15, 0.2) is 0 Å². The fourth-order valence-electron chi connectivity index (χ4n) is 1.85. The van der Waals surface area contributed by atoms with Crippen molar-refractivity contribution in [1.82, 2.24) is 4.98 Å². The zero-order valence-electron chi connectivity index (χ0n) is 11.3. The van der Waals surface area contributed by atoms with Crippen molar-refractivity contribution in [2.75, 3.05) is 12.4 Å². The fraction of sp³-hybridized carbons (Fsp3) is 0.214. The van der Waals surface area contributed by atoms with E-state index < -0.39 is 4.92 Å². The molecule has 104 valence electrons. The molecule has 0 fully saturated rings. The van der Waals surface area contributed by atoms with Gasteiger partial charge in [0.25, 0.3) is 0 Å². The Morgan fingerprint density at radius 2 is 2.05 bits per heavy atom. The maximum absolute atomic E-state index is 11.0. The van der Waals surface area contributed by atoms with Gasteiger partial charge in [-0.05, 0) is 19.1 Å². The van der Waals surface area contributed by atoms with Crippen molar-refractivity contribution >= 4 is 11.5 Å². The number of aryl methyl sites for hydroxylation is 1. The number of hydrogen-bond acceptors (Lipinski definition) is 5. The van der Waals surface area contributed by atoms with E-state index in [1.54, 1.807) is 20.1 Å². The summed E-state index contributed by atoms with van der Waals surface area (Å²) in [6, 6.07) is 10.6. The summed E-state index contributed by atoms with van der Waals surface area (Å²) in [5.41, 5.74) is 1.59. The van der Waals surface area contributed by atoms with Crippen LogP contribution in [0.3, 0.4) is 0 Å². The smallest absolute Gasteiger partial charge is 0.311 e. The van der Waals surface area contributed by atoms with Crippen LogP contribution < -0.4 is 10.1 Å². The summed E-state index contributed by atoms with van der Waals surface area (Å²) in [6.45, 7) is 2.19. The summed E-state index contributed by atoms with van der Waals surface area (Å²) in [5.74, 6) is 0.996. The molecule has 0 aliphatic carbocycles. The number of para-hydroxylation sites is 1. The Kier molecular flexibility index (Phi) is 4.14. The molecular formula is C14H15N3O3. The molecule has 2 rings (SSSR count). The molecule has 1 aromatic carbocycles. The van der Waals surface area contributed by atoms with E-state index in [0.717, 1.165) is 17.0 Å². The normalized spacial score (nSPS) is 10.1. The summed E-state index contributed by atoms with van der Waals surface area (Å²) >= 11 is 0. The molecule has 0 saturated heterocycles. The van der Waals surface area contributed by atoms with Gasteiger partial charge in [-0.15, -0.1) is 0 Å². The number of ether oxygens (including phenoxy) is 1. The molecule has 1 heterocycles. The second-order valence-electron chi connectivity index (χ2n) is 4.24. The third kappa shape index (κ3) is 3.03. The highest BCUT2D eigenvalue weighted by Gasteiger charge is 2.15. The van der Waals surface area contributed by atoms with Crippen LogP contribution in [0, 0.1) is 17.0 Å². The van der Waals surface area contributed by atoms with Gasteiger partial charge < -0.3 is 10.1 Å². The first kappa shape index (κ1) is 13.8. The zero-order valence-corrected chi connectivity index (χ0v) is 11.3. The molecular weight excluding hydrogens is 258 g/mol. The van der Waals surface area contributed by atoms with Gasteiger partial charge in [-0.25, -0.2) is 4.98 Å². The highest BCUT2D eigenvalue weighted by atomic mass is 16.6. The Hall–Kier alpha value is -2.63. The van der Waals surface area contributed by atoms with Gasteiger partial charge in [-0.3, -0.25) is 10.1 Å². The topological polar surface area (TPSA) is 77.3 Å². The first-order chi connectivity index (χ1) is 9.61. The molecule has 6 heteroatoms. The third-order valence-corrected chi connectivity index (χ3v) is 2.85. The number of methoxy groups -OCH3 is 1. The van der Waals surface area contributed by atoms with E-state index >= 15 is 0 Å². The minimum absolute atomic E-state index is 0.0366. The number of aromatic nitrogens is 1. The monoisotopic (exact) mass is 273 g/mol. The van der Waals surface area contributed by atoms with Crippen LogP contribution in [0.25, 0.3) is 0 Å². The number of pyridine rings is 1. The predicted molar refractivity (Wildman–Crippen MR) is 75.9 cm³/mol. The Morgan fingerprint density at radius 1 is 1.30 bits per heavy atom. The van der Waals surface area contributed by atoms with Crippen LogP contribution in [0.1, 0.15) is 11.3 Å². The first-order valence-corrected chi connectivity index (χ1v) is 6.09. The van der Waals surface area contributed by atoms with E-state index in [0.29, 0.717) is 6.54 Å². The average molecular weight is 273 g/mol. The Labute approximate surface area is 116 Å². The molecule has 0 spiro atoms. The van der Waals surface area contributed by atoms with E-state index in [2.05, 4.69) is 10.3 Å². The molecule has 0 saturated carbocycles. The number of benzene rings is 1. The number of anilines is 1. The van der Waals surface area contributed by atoms with E-state index in [9.17, 15) is 10.1 Å². The Morgan fingerprint density at radius 3 is 2.75 bits per heavy atom. The quantitative estimate of drug-likeness (QED) is 0.669. The number of nitrogens with one attached hydrogen (secondary N) is 1. The standard InChI is InChI=1S/C14H15N3O3/c1-10-7-8-12(17(18)19)14(16-10)15-9-11-5-3-4-6-13(11)20-2/h3-8H,9H2,1-2H3,(H,15,16). The number of hydrogen-bond donors (Lipinski definition) is 1. The van der Waals surface area contributed by atoms with Crippen molar-refractivity contribution in [1.29, 1.82) is 0 Å². The second kappa shape index (κ2) is 6.01. The van der Waals surface area contributed by atoms with Crippen molar-refractivity contribution in [3.63, 3.8) is 0 Å². The average Bonchev–Trinajstić information content (AvgIpc) is 2.45. The van der Waals surface area contributed by atoms with Crippen molar-refractivity contribution in [2.24, 2.45) is 0 Å². The van der Waals surface area contributed by atoms with E-state index in [-0.39, 0.29) is 11.5 Å². The molecule has 0 radical (unpaired) electrons. The zero-order chi connectivity index (χ0) is 14.5. The lowest BCUT2D eigenvalue weighted by Crippen LogP contribution is -2.06. The SMILES string of the molecule is COc1ccccc1CNc1nc(C)ccc1[N+](=O)[O-]. The Bertz CT molecular complexity index is 629. The number of rotatable bonds is 5.